The number of anilines is 2. The molecule has 0 radical (unpaired) electrons. The normalized spacial score (nSPS) is 10.1. The summed E-state index contributed by atoms with van der Waals surface area (Å²) in [5, 5.41) is 11.9. The third-order valence-electron chi connectivity index (χ3n) is 2.60. The summed E-state index contributed by atoms with van der Waals surface area (Å²) in [7, 11) is 0. The first-order valence-electron chi connectivity index (χ1n) is 5.53. The molecular weight excluding hydrogens is 228 g/mol. The Labute approximate surface area is 105 Å². The highest BCUT2D eigenvalue weighted by atomic mass is 16.3. The molecule has 1 amide bonds. The third-order valence-corrected chi connectivity index (χ3v) is 2.60. The van der Waals surface area contributed by atoms with Crippen LogP contribution < -0.4 is 11.1 Å². The van der Waals surface area contributed by atoms with Crippen molar-refractivity contribution in [1.29, 1.82) is 0 Å². The first-order chi connectivity index (χ1) is 8.56. The van der Waals surface area contributed by atoms with E-state index in [1.54, 1.807) is 18.2 Å². The quantitative estimate of drug-likeness (QED) is 0.559. The predicted molar refractivity (Wildman–Crippen MR) is 71.7 cm³/mol. The molecule has 4 heteroatoms. The van der Waals surface area contributed by atoms with Crippen molar-refractivity contribution in [2.24, 2.45) is 0 Å². The van der Waals surface area contributed by atoms with E-state index in [0.29, 0.717) is 16.9 Å². The second kappa shape index (κ2) is 4.79. The van der Waals surface area contributed by atoms with Crippen molar-refractivity contribution in [3.05, 3.63) is 53.6 Å². The van der Waals surface area contributed by atoms with Crippen LogP contribution in [-0.4, -0.2) is 11.0 Å². The van der Waals surface area contributed by atoms with Crippen molar-refractivity contribution in [2.75, 3.05) is 11.1 Å². The molecule has 18 heavy (non-hydrogen) atoms. The maximum absolute atomic E-state index is 11.9. The number of amides is 1. The number of nitrogens with two attached hydrogens (primary N) is 1. The summed E-state index contributed by atoms with van der Waals surface area (Å²) in [5.41, 5.74) is 8.17. The molecule has 0 heterocycles. The Balaban J connectivity index is 2.18. The van der Waals surface area contributed by atoms with Gasteiger partial charge in [-0.15, -0.1) is 0 Å². The minimum absolute atomic E-state index is 0.0702. The number of nitrogen functional groups attached to an aromatic ring is 1. The number of phenolic OH excluding ortho intramolecular Hbond substituents is 1. The van der Waals surface area contributed by atoms with Gasteiger partial charge in [0.05, 0.1) is 11.4 Å². The minimum atomic E-state index is -0.229. The predicted octanol–water partition coefficient (Wildman–Crippen LogP) is 2.54. The van der Waals surface area contributed by atoms with E-state index in [4.69, 9.17) is 5.73 Å². The molecule has 0 bridgehead atoms. The lowest BCUT2D eigenvalue weighted by Crippen LogP contribution is -2.13. The zero-order valence-electron chi connectivity index (χ0n) is 9.97. The van der Waals surface area contributed by atoms with Gasteiger partial charge >= 0.3 is 0 Å². The van der Waals surface area contributed by atoms with Crippen molar-refractivity contribution in [3.63, 3.8) is 0 Å². The fourth-order valence-electron chi connectivity index (χ4n) is 1.56. The molecule has 2 aromatic carbocycles. The number of benzene rings is 2. The zero-order chi connectivity index (χ0) is 13.1. The van der Waals surface area contributed by atoms with Crippen molar-refractivity contribution >= 4 is 17.3 Å². The van der Waals surface area contributed by atoms with Crippen molar-refractivity contribution in [3.8, 4) is 5.75 Å². The molecule has 0 fully saturated rings. The SMILES string of the molecule is Cc1ccc(C(=O)Nc2ccc(O)cc2N)cc1. The van der Waals surface area contributed by atoms with Gasteiger partial charge in [-0.3, -0.25) is 4.79 Å². The summed E-state index contributed by atoms with van der Waals surface area (Å²) in [6.07, 6.45) is 0. The Morgan fingerprint density at radius 1 is 1.17 bits per heavy atom. The van der Waals surface area contributed by atoms with Crippen LogP contribution in [0.5, 0.6) is 5.75 Å². The van der Waals surface area contributed by atoms with Gasteiger partial charge in [0.1, 0.15) is 5.75 Å². The summed E-state index contributed by atoms with van der Waals surface area (Å²) in [5.74, 6) is -0.159. The molecule has 0 aliphatic heterocycles. The molecule has 0 spiro atoms. The Morgan fingerprint density at radius 3 is 2.44 bits per heavy atom. The number of nitrogens with one attached hydrogen (secondary N) is 1. The lowest BCUT2D eigenvalue weighted by Gasteiger charge is -2.08. The summed E-state index contributed by atoms with van der Waals surface area (Å²) in [6.45, 7) is 1.96. The van der Waals surface area contributed by atoms with Crippen LogP contribution in [0.3, 0.4) is 0 Å². The van der Waals surface area contributed by atoms with E-state index >= 15 is 0 Å². The monoisotopic (exact) mass is 242 g/mol. The highest BCUT2D eigenvalue weighted by Gasteiger charge is 2.07. The molecule has 2 aromatic rings. The first kappa shape index (κ1) is 12.0. The van der Waals surface area contributed by atoms with Crippen LogP contribution >= 0.6 is 0 Å². The lowest BCUT2D eigenvalue weighted by molar-refractivity contribution is 0.102. The van der Waals surface area contributed by atoms with Crippen LogP contribution in [0.25, 0.3) is 0 Å². The van der Waals surface area contributed by atoms with Crippen LogP contribution in [0.1, 0.15) is 15.9 Å². The first-order valence-corrected chi connectivity index (χ1v) is 5.53. The van der Waals surface area contributed by atoms with Crippen molar-refractivity contribution < 1.29 is 9.90 Å². The van der Waals surface area contributed by atoms with Gasteiger partial charge in [0.2, 0.25) is 0 Å². The average Bonchev–Trinajstić information content (AvgIpc) is 2.33. The van der Waals surface area contributed by atoms with Gasteiger partial charge in [-0.05, 0) is 31.2 Å². The molecule has 0 atom stereocenters. The zero-order valence-corrected chi connectivity index (χ0v) is 9.97. The number of aromatic hydroxyl groups is 1. The van der Waals surface area contributed by atoms with Crippen molar-refractivity contribution in [2.45, 2.75) is 6.92 Å². The molecule has 2 rings (SSSR count). The topological polar surface area (TPSA) is 75.3 Å². The molecule has 0 saturated carbocycles. The number of phenols is 1. The fourth-order valence-corrected chi connectivity index (χ4v) is 1.56. The van der Waals surface area contributed by atoms with E-state index in [2.05, 4.69) is 5.32 Å². The van der Waals surface area contributed by atoms with Crippen LogP contribution in [0, 0.1) is 6.92 Å². The second-order valence-electron chi connectivity index (χ2n) is 4.09. The number of carbonyl (C=O) groups excluding carboxylic acids is 1. The maximum atomic E-state index is 11.9. The summed E-state index contributed by atoms with van der Waals surface area (Å²) in [6, 6.07) is 11.7. The molecule has 0 aromatic heterocycles. The summed E-state index contributed by atoms with van der Waals surface area (Å²) >= 11 is 0. The molecule has 4 N–H and O–H groups in total. The average molecular weight is 242 g/mol. The molecule has 4 nitrogen and oxygen atoms in total. The van der Waals surface area contributed by atoms with E-state index in [9.17, 15) is 9.90 Å². The Morgan fingerprint density at radius 2 is 1.83 bits per heavy atom. The molecule has 0 unspecified atom stereocenters. The van der Waals surface area contributed by atoms with Crippen LogP contribution in [-0.2, 0) is 0 Å². The van der Waals surface area contributed by atoms with Gasteiger partial charge in [0.25, 0.3) is 5.91 Å². The lowest BCUT2D eigenvalue weighted by atomic mass is 10.1. The van der Waals surface area contributed by atoms with Gasteiger partial charge in [0, 0.05) is 11.6 Å². The number of aryl methyl sites for hydroxylation is 1. The second-order valence-corrected chi connectivity index (χ2v) is 4.09. The molecular formula is C14H14N2O2. The Bertz CT molecular complexity index is 577. The molecule has 0 aliphatic carbocycles. The largest absolute Gasteiger partial charge is 0.508 e. The highest BCUT2D eigenvalue weighted by molar-refractivity contribution is 6.05. The number of rotatable bonds is 2. The number of hydrogen-bond acceptors (Lipinski definition) is 3. The smallest absolute Gasteiger partial charge is 0.255 e. The third kappa shape index (κ3) is 2.60. The number of hydrogen-bond donors (Lipinski definition) is 3. The van der Waals surface area contributed by atoms with Gasteiger partial charge in [0.15, 0.2) is 0 Å². The van der Waals surface area contributed by atoms with E-state index in [-0.39, 0.29) is 11.7 Å². The van der Waals surface area contributed by atoms with Crippen LogP contribution in [0.15, 0.2) is 42.5 Å². The van der Waals surface area contributed by atoms with Crippen LogP contribution in [0.2, 0.25) is 0 Å². The van der Waals surface area contributed by atoms with Gasteiger partial charge in [-0.1, -0.05) is 17.7 Å². The van der Waals surface area contributed by atoms with E-state index < -0.39 is 0 Å². The van der Waals surface area contributed by atoms with E-state index in [0.717, 1.165) is 5.56 Å². The van der Waals surface area contributed by atoms with Gasteiger partial charge in [-0.2, -0.15) is 0 Å². The van der Waals surface area contributed by atoms with Gasteiger partial charge in [-0.25, -0.2) is 0 Å². The Kier molecular flexibility index (Phi) is 3.19. The summed E-state index contributed by atoms with van der Waals surface area (Å²) in [4.78, 5) is 11.9. The van der Waals surface area contributed by atoms with Crippen molar-refractivity contribution in [1.82, 2.24) is 0 Å². The molecule has 0 saturated heterocycles. The van der Waals surface area contributed by atoms with Gasteiger partial charge < -0.3 is 16.2 Å². The highest BCUT2D eigenvalue weighted by Crippen LogP contribution is 2.23. The Hall–Kier alpha value is -2.49. The molecule has 92 valence electrons. The van der Waals surface area contributed by atoms with E-state index in [1.165, 1.54) is 12.1 Å². The fraction of sp³-hybridized carbons (Fsp3) is 0.0714. The summed E-state index contributed by atoms with van der Waals surface area (Å²) < 4.78 is 0. The van der Waals surface area contributed by atoms with E-state index in [1.807, 2.05) is 19.1 Å². The number of carbonyl (C=O) groups is 1. The molecule has 0 aliphatic rings. The van der Waals surface area contributed by atoms with Crippen LogP contribution in [0.4, 0.5) is 11.4 Å². The standard InChI is InChI=1S/C14H14N2O2/c1-9-2-4-10(5-3-9)14(18)16-13-7-6-11(17)8-12(13)15/h2-8,17H,15H2,1H3,(H,16,18). The maximum Gasteiger partial charge on any atom is 0.255 e. The minimum Gasteiger partial charge on any atom is -0.508 e.